The van der Waals surface area contributed by atoms with Crippen molar-refractivity contribution in [1.82, 2.24) is 39.8 Å². The van der Waals surface area contributed by atoms with Crippen molar-refractivity contribution in [1.29, 1.82) is 0 Å². The van der Waals surface area contributed by atoms with Crippen LogP contribution in [0.2, 0.25) is 0 Å². The number of hydrogen-bond donors (Lipinski definition) is 5. The molecule has 0 aliphatic carbocycles. The smallest absolute Gasteiger partial charge is 0.231 e. The predicted molar refractivity (Wildman–Crippen MR) is 131 cm³/mol. The Morgan fingerprint density at radius 2 is 2.03 bits per heavy atom. The van der Waals surface area contributed by atoms with Crippen LogP contribution in [0.4, 0.5) is 5.82 Å². The molecule has 0 bridgehead atoms. The molecule has 1 unspecified atom stereocenters. The highest BCUT2D eigenvalue weighted by atomic mass is 32.2. The summed E-state index contributed by atoms with van der Waals surface area (Å²) in [6.07, 6.45) is 3.11. The van der Waals surface area contributed by atoms with Crippen LogP contribution in [0.5, 0.6) is 11.5 Å². The Hall–Kier alpha value is -3.24. The number of ether oxygens (including phenoxy) is 2. The van der Waals surface area contributed by atoms with E-state index in [4.69, 9.17) is 24.7 Å². The number of fused-ring (bicyclic) bond motifs is 2. The van der Waals surface area contributed by atoms with Crippen LogP contribution in [0.25, 0.3) is 22.4 Å². The first-order valence-electron chi connectivity index (χ1n) is 10.7. The van der Waals surface area contributed by atoms with Gasteiger partial charge in [-0.3, -0.25) is 9.65 Å². The third kappa shape index (κ3) is 5.23. The largest absolute Gasteiger partial charge is 0.486 e. The number of anilines is 1. The van der Waals surface area contributed by atoms with Gasteiger partial charge in [-0.1, -0.05) is 11.8 Å². The number of nitrogens with zero attached hydrogens (tertiary/aromatic N) is 5. The number of imidazole rings is 1. The van der Waals surface area contributed by atoms with Crippen LogP contribution >= 0.6 is 11.8 Å². The SMILES string of the molecule is Nc1ncnc2c1nc(Sc1cc3c(cc1-c1ccn[nH]1)OCCO3)n2CCNCCNS(=O)O. The summed E-state index contributed by atoms with van der Waals surface area (Å²) in [6, 6.07) is 5.76. The molecule has 5 rings (SSSR count). The summed E-state index contributed by atoms with van der Waals surface area (Å²) in [4.78, 5) is 14.1. The Balaban J connectivity index is 1.46. The maximum atomic E-state index is 10.7. The minimum absolute atomic E-state index is 0.300. The van der Waals surface area contributed by atoms with Crippen LogP contribution in [0.15, 0.2) is 40.8 Å². The van der Waals surface area contributed by atoms with Gasteiger partial charge in [-0.15, -0.1) is 0 Å². The van der Waals surface area contributed by atoms with E-state index in [0.29, 0.717) is 73.0 Å². The Morgan fingerprint density at radius 1 is 1.20 bits per heavy atom. The van der Waals surface area contributed by atoms with Gasteiger partial charge in [0.25, 0.3) is 0 Å². The van der Waals surface area contributed by atoms with Crippen molar-refractivity contribution in [3.05, 3.63) is 30.7 Å². The highest BCUT2D eigenvalue weighted by Gasteiger charge is 2.22. The molecule has 0 fully saturated rings. The molecule has 1 atom stereocenters. The van der Waals surface area contributed by atoms with Crippen molar-refractivity contribution >= 4 is 40.0 Å². The van der Waals surface area contributed by atoms with Crippen molar-refractivity contribution in [2.45, 2.75) is 16.6 Å². The fourth-order valence-electron chi connectivity index (χ4n) is 3.63. The Morgan fingerprint density at radius 3 is 2.80 bits per heavy atom. The lowest BCUT2D eigenvalue weighted by Crippen LogP contribution is -2.30. The van der Waals surface area contributed by atoms with Crippen molar-refractivity contribution in [3.63, 3.8) is 0 Å². The summed E-state index contributed by atoms with van der Waals surface area (Å²) >= 11 is -0.580. The highest BCUT2D eigenvalue weighted by molar-refractivity contribution is 7.99. The lowest BCUT2D eigenvalue weighted by Gasteiger charge is -2.20. The van der Waals surface area contributed by atoms with Crippen molar-refractivity contribution in [3.8, 4) is 22.8 Å². The Bertz CT molecular complexity index is 1350. The fraction of sp³-hybridized carbons (Fsp3) is 0.300. The molecule has 35 heavy (non-hydrogen) atoms. The van der Waals surface area contributed by atoms with Gasteiger partial charge in [0.2, 0.25) is 11.3 Å². The molecule has 4 aromatic rings. The zero-order valence-corrected chi connectivity index (χ0v) is 20.1. The second-order valence-corrected chi connectivity index (χ2v) is 9.23. The second kappa shape index (κ2) is 10.6. The number of nitrogens with two attached hydrogens (primary N) is 1. The Labute approximate surface area is 206 Å². The van der Waals surface area contributed by atoms with Crippen LogP contribution in [0, 0.1) is 0 Å². The van der Waals surface area contributed by atoms with Gasteiger partial charge < -0.3 is 25.1 Å². The van der Waals surface area contributed by atoms with E-state index >= 15 is 0 Å². The molecular formula is C20H23N9O4S2. The van der Waals surface area contributed by atoms with Crippen LogP contribution in [-0.2, 0) is 17.8 Å². The molecule has 13 nitrogen and oxygen atoms in total. The van der Waals surface area contributed by atoms with E-state index < -0.39 is 11.3 Å². The van der Waals surface area contributed by atoms with E-state index in [1.165, 1.54) is 18.1 Å². The van der Waals surface area contributed by atoms with Crippen LogP contribution in [0.1, 0.15) is 0 Å². The predicted octanol–water partition coefficient (Wildman–Crippen LogP) is 1.04. The zero-order valence-electron chi connectivity index (χ0n) is 18.4. The van der Waals surface area contributed by atoms with E-state index in [-0.39, 0.29) is 0 Å². The maximum Gasteiger partial charge on any atom is 0.231 e. The molecule has 3 aromatic heterocycles. The number of aromatic amines is 1. The minimum atomic E-state index is -2.03. The van der Waals surface area contributed by atoms with Crippen LogP contribution in [0.3, 0.4) is 0 Å². The molecule has 0 saturated heterocycles. The summed E-state index contributed by atoms with van der Waals surface area (Å²) in [5.74, 6) is 1.64. The van der Waals surface area contributed by atoms with Gasteiger partial charge >= 0.3 is 0 Å². The lowest BCUT2D eigenvalue weighted by molar-refractivity contribution is 0.171. The average molecular weight is 518 g/mol. The molecule has 6 N–H and O–H groups in total. The van der Waals surface area contributed by atoms with Crippen molar-refractivity contribution in [2.24, 2.45) is 0 Å². The van der Waals surface area contributed by atoms with Crippen LogP contribution in [-0.4, -0.2) is 71.3 Å². The summed E-state index contributed by atoms with van der Waals surface area (Å²) < 4.78 is 35.5. The van der Waals surface area contributed by atoms with E-state index in [1.807, 2.05) is 22.8 Å². The molecule has 1 aromatic carbocycles. The van der Waals surface area contributed by atoms with E-state index in [9.17, 15) is 4.21 Å². The lowest BCUT2D eigenvalue weighted by atomic mass is 10.1. The first kappa shape index (κ1) is 23.5. The molecule has 0 saturated carbocycles. The number of hydrogen-bond acceptors (Lipinski definition) is 10. The number of rotatable bonds is 10. The molecule has 1 aliphatic rings. The second-order valence-electron chi connectivity index (χ2n) is 7.44. The molecule has 0 spiro atoms. The molecule has 0 radical (unpaired) electrons. The van der Waals surface area contributed by atoms with Gasteiger partial charge in [-0.25, -0.2) is 23.9 Å². The van der Waals surface area contributed by atoms with Gasteiger partial charge in [0.15, 0.2) is 33.6 Å². The molecule has 1 aliphatic heterocycles. The normalized spacial score (nSPS) is 13.9. The van der Waals surface area contributed by atoms with Crippen molar-refractivity contribution in [2.75, 3.05) is 38.6 Å². The summed E-state index contributed by atoms with van der Waals surface area (Å²) in [5, 5.41) is 11.0. The van der Waals surface area contributed by atoms with Gasteiger partial charge in [0.1, 0.15) is 19.5 Å². The zero-order chi connectivity index (χ0) is 24.2. The average Bonchev–Trinajstić information content (AvgIpc) is 3.50. The van der Waals surface area contributed by atoms with Crippen LogP contribution < -0.4 is 25.2 Å². The minimum Gasteiger partial charge on any atom is -0.486 e. The van der Waals surface area contributed by atoms with Crippen molar-refractivity contribution < 1.29 is 18.2 Å². The molecule has 15 heteroatoms. The standard InChI is InChI=1S/C20H23N9O4S2/c21-18-17-19(24-11-23-18)29(6-5-22-3-4-26-35(30)31)20(27-17)34-16-10-15-14(32-7-8-33-15)9-12(16)13-1-2-25-28-13/h1-2,9-11,22,26H,3-8H2,(H,25,28)(H,30,31)(H2,21,23,24). The summed E-state index contributed by atoms with van der Waals surface area (Å²) in [7, 11) is 0. The van der Waals surface area contributed by atoms with E-state index in [1.54, 1.807) is 6.20 Å². The number of aromatic nitrogens is 6. The Kier molecular flexibility index (Phi) is 7.10. The quantitative estimate of drug-likeness (QED) is 0.150. The van der Waals surface area contributed by atoms with E-state index in [0.717, 1.165) is 16.2 Å². The molecule has 184 valence electrons. The molecule has 4 heterocycles. The summed E-state index contributed by atoms with van der Waals surface area (Å²) in [6.45, 7) is 2.97. The summed E-state index contributed by atoms with van der Waals surface area (Å²) in [5.41, 5.74) is 8.97. The molecular weight excluding hydrogens is 494 g/mol. The monoisotopic (exact) mass is 517 g/mol. The first-order chi connectivity index (χ1) is 17.1. The van der Waals surface area contributed by atoms with E-state index in [2.05, 4.69) is 30.2 Å². The number of nitrogens with one attached hydrogen (secondary N) is 3. The van der Waals surface area contributed by atoms with Gasteiger partial charge in [-0.05, 0) is 18.2 Å². The first-order valence-corrected chi connectivity index (χ1v) is 12.7. The third-order valence-corrected chi connectivity index (χ3v) is 6.70. The fourth-order valence-corrected chi connectivity index (χ4v) is 4.97. The van der Waals surface area contributed by atoms with Gasteiger partial charge in [-0.2, -0.15) is 5.10 Å². The number of benzene rings is 1. The number of H-pyrrole nitrogens is 1. The third-order valence-electron chi connectivity index (χ3n) is 5.20. The van der Waals surface area contributed by atoms with Gasteiger partial charge in [0, 0.05) is 42.8 Å². The topological polar surface area (TPSA) is 178 Å². The number of nitrogen functional groups attached to an aromatic ring is 1. The maximum absolute atomic E-state index is 10.7. The highest BCUT2D eigenvalue weighted by Crippen LogP contribution is 2.43. The molecule has 0 amide bonds. The van der Waals surface area contributed by atoms with Gasteiger partial charge in [0.05, 0.1) is 5.69 Å².